The highest BCUT2D eigenvalue weighted by molar-refractivity contribution is 5.30. The van der Waals surface area contributed by atoms with E-state index in [-0.39, 0.29) is 0 Å². The van der Waals surface area contributed by atoms with Gasteiger partial charge in [-0.3, -0.25) is 0 Å². The second-order valence-corrected chi connectivity index (χ2v) is 4.87. The summed E-state index contributed by atoms with van der Waals surface area (Å²) >= 11 is 0. The molecule has 2 nitrogen and oxygen atoms in total. The van der Waals surface area contributed by atoms with Gasteiger partial charge in [0.1, 0.15) is 5.75 Å². The number of rotatable bonds is 5. The predicted molar refractivity (Wildman–Crippen MR) is 79.5 cm³/mol. The molecule has 0 aliphatic carbocycles. The minimum Gasteiger partial charge on any atom is -0.497 e. The molecule has 0 radical (unpaired) electrons. The van der Waals surface area contributed by atoms with Crippen molar-refractivity contribution >= 4 is 0 Å². The molecule has 0 saturated heterocycles. The van der Waals surface area contributed by atoms with Crippen molar-refractivity contribution in [2.24, 2.45) is 0 Å². The van der Waals surface area contributed by atoms with Crippen molar-refractivity contribution in [3.63, 3.8) is 0 Å². The Kier molecular flexibility index (Phi) is 4.58. The van der Waals surface area contributed by atoms with Gasteiger partial charge in [-0.25, -0.2) is 0 Å². The molecule has 1 N–H and O–H groups in total. The normalized spacial score (nSPS) is 10.5. The van der Waals surface area contributed by atoms with Gasteiger partial charge in [-0.05, 0) is 48.2 Å². The molecule has 0 fully saturated rings. The van der Waals surface area contributed by atoms with Gasteiger partial charge in [0.05, 0.1) is 7.11 Å². The number of aryl methyl sites for hydroxylation is 2. The first-order chi connectivity index (χ1) is 9.19. The van der Waals surface area contributed by atoms with Crippen LogP contribution in [0.5, 0.6) is 5.75 Å². The quantitative estimate of drug-likeness (QED) is 0.881. The van der Waals surface area contributed by atoms with Gasteiger partial charge >= 0.3 is 0 Å². The van der Waals surface area contributed by atoms with E-state index in [1.807, 2.05) is 12.1 Å². The smallest absolute Gasteiger partial charge is 0.118 e. The second-order valence-electron chi connectivity index (χ2n) is 4.87. The van der Waals surface area contributed by atoms with E-state index in [1.165, 1.54) is 22.3 Å². The molecule has 0 atom stereocenters. The van der Waals surface area contributed by atoms with Gasteiger partial charge in [0.2, 0.25) is 0 Å². The summed E-state index contributed by atoms with van der Waals surface area (Å²) in [6.45, 7) is 6.07. The lowest BCUT2D eigenvalue weighted by Gasteiger charge is -2.08. The highest BCUT2D eigenvalue weighted by Gasteiger charge is 1.97. The fourth-order valence-electron chi connectivity index (χ4n) is 2.01. The Bertz CT molecular complexity index is 531. The Morgan fingerprint density at radius 2 is 1.47 bits per heavy atom. The third-order valence-corrected chi connectivity index (χ3v) is 3.39. The van der Waals surface area contributed by atoms with E-state index in [2.05, 4.69) is 49.5 Å². The first kappa shape index (κ1) is 13.6. The van der Waals surface area contributed by atoms with Crippen molar-refractivity contribution in [1.29, 1.82) is 0 Å². The van der Waals surface area contributed by atoms with E-state index in [9.17, 15) is 0 Å². The molecule has 0 aliphatic heterocycles. The Balaban J connectivity index is 1.86. The lowest BCUT2D eigenvalue weighted by Crippen LogP contribution is -2.12. The van der Waals surface area contributed by atoms with Crippen LogP contribution < -0.4 is 10.1 Å². The second kappa shape index (κ2) is 6.39. The van der Waals surface area contributed by atoms with Crippen LogP contribution in [0.25, 0.3) is 0 Å². The van der Waals surface area contributed by atoms with Crippen LogP contribution in [0, 0.1) is 13.8 Å². The summed E-state index contributed by atoms with van der Waals surface area (Å²) in [6.07, 6.45) is 0. The van der Waals surface area contributed by atoms with Crippen molar-refractivity contribution < 1.29 is 4.74 Å². The third-order valence-electron chi connectivity index (χ3n) is 3.39. The van der Waals surface area contributed by atoms with Crippen LogP contribution in [-0.2, 0) is 13.1 Å². The molecule has 0 aromatic heterocycles. The minimum absolute atomic E-state index is 0.872. The monoisotopic (exact) mass is 255 g/mol. The van der Waals surface area contributed by atoms with E-state index in [4.69, 9.17) is 4.74 Å². The molecule has 0 aliphatic rings. The fraction of sp³-hybridized carbons (Fsp3) is 0.294. The maximum atomic E-state index is 5.15. The van der Waals surface area contributed by atoms with Gasteiger partial charge in [0.25, 0.3) is 0 Å². The summed E-state index contributed by atoms with van der Waals surface area (Å²) in [7, 11) is 1.69. The standard InChI is InChI=1S/C17H21NO/c1-13-4-5-16(10-14(13)2)12-18-11-15-6-8-17(19-3)9-7-15/h4-10,18H,11-12H2,1-3H3. The van der Waals surface area contributed by atoms with Crippen LogP contribution >= 0.6 is 0 Å². The largest absolute Gasteiger partial charge is 0.497 e. The Hall–Kier alpha value is -1.80. The Morgan fingerprint density at radius 1 is 0.842 bits per heavy atom. The predicted octanol–water partition coefficient (Wildman–Crippen LogP) is 3.60. The molecule has 19 heavy (non-hydrogen) atoms. The summed E-state index contributed by atoms with van der Waals surface area (Å²) in [5.74, 6) is 0.901. The lowest BCUT2D eigenvalue weighted by atomic mass is 10.1. The summed E-state index contributed by atoms with van der Waals surface area (Å²) in [5.41, 5.74) is 5.30. The average Bonchev–Trinajstić information content (AvgIpc) is 2.43. The number of benzene rings is 2. The molecule has 100 valence electrons. The number of ether oxygens (including phenoxy) is 1. The zero-order chi connectivity index (χ0) is 13.7. The van der Waals surface area contributed by atoms with Gasteiger partial charge in [-0.1, -0.05) is 30.3 Å². The summed E-state index contributed by atoms with van der Waals surface area (Å²) in [4.78, 5) is 0. The molecule has 0 heterocycles. The van der Waals surface area contributed by atoms with Crippen LogP contribution in [0.4, 0.5) is 0 Å². The molecule has 0 unspecified atom stereocenters. The minimum atomic E-state index is 0.872. The number of methoxy groups -OCH3 is 1. The van der Waals surface area contributed by atoms with Crippen LogP contribution in [0.2, 0.25) is 0 Å². The van der Waals surface area contributed by atoms with E-state index in [1.54, 1.807) is 7.11 Å². The molecule has 2 rings (SSSR count). The van der Waals surface area contributed by atoms with E-state index in [0.717, 1.165) is 18.8 Å². The van der Waals surface area contributed by atoms with Gasteiger partial charge in [0, 0.05) is 13.1 Å². The molecule has 0 saturated carbocycles. The Morgan fingerprint density at radius 3 is 2.11 bits per heavy atom. The van der Waals surface area contributed by atoms with Crippen LogP contribution in [0.3, 0.4) is 0 Å². The Labute approximate surface area is 115 Å². The van der Waals surface area contributed by atoms with Crippen molar-refractivity contribution in [3.8, 4) is 5.75 Å². The van der Waals surface area contributed by atoms with E-state index < -0.39 is 0 Å². The molecule has 0 amide bonds. The molecular formula is C17H21NO. The highest BCUT2D eigenvalue weighted by atomic mass is 16.5. The van der Waals surface area contributed by atoms with E-state index >= 15 is 0 Å². The maximum Gasteiger partial charge on any atom is 0.118 e. The van der Waals surface area contributed by atoms with Gasteiger partial charge in [-0.15, -0.1) is 0 Å². The van der Waals surface area contributed by atoms with Gasteiger partial charge < -0.3 is 10.1 Å². The molecule has 2 heteroatoms. The van der Waals surface area contributed by atoms with E-state index in [0.29, 0.717) is 0 Å². The molecular weight excluding hydrogens is 234 g/mol. The number of hydrogen-bond acceptors (Lipinski definition) is 2. The van der Waals surface area contributed by atoms with Crippen molar-refractivity contribution in [3.05, 3.63) is 64.7 Å². The summed E-state index contributed by atoms with van der Waals surface area (Å²) in [6, 6.07) is 14.8. The maximum absolute atomic E-state index is 5.15. The van der Waals surface area contributed by atoms with Gasteiger partial charge in [0.15, 0.2) is 0 Å². The topological polar surface area (TPSA) is 21.3 Å². The summed E-state index contributed by atoms with van der Waals surface area (Å²) < 4.78 is 5.15. The highest BCUT2D eigenvalue weighted by Crippen LogP contribution is 2.12. The third kappa shape index (κ3) is 3.83. The van der Waals surface area contributed by atoms with Crippen LogP contribution in [-0.4, -0.2) is 7.11 Å². The first-order valence-corrected chi connectivity index (χ1v) is 6.59. The fourth-order valence-corrected chi connectivity index (χ4v) is 2.01. The molecule has 2 aromatic rings. The van der Waals surface area contributed by atoms with Crippen LogP contribution in [0.1, 0.15) is 22.3 Å². The zero-order valence-corrected chi connectivity index (χ0v) is 11.9. The molecule has 2 aromatic carbocycles. The van der Waals surface area contributed by atoms with Crippen molar-refractivity contribution in [1.82, 2.24) is 5.32 Å². The summed E-state index contributed by atoms with van der Waals surface area (Å²) in [5, 5.41) is 3.46. The van der Waals surface area contributed by atoms with Gasteiger partial charge in [-0.2, -0.15) is 0 Å². The molecule has 0 spiro atoms. The number of nitrogens with one attached hydrogen (secondary N) is 1. The average molecular weight is 255 g/mol. The van der Waals surface area contributed by atoms with Crippen molar-refractivity contribution in [2.45, 2.75) is 26.9 Å². The molecule has 0 bridgehead atoms. The zero-order valence-electron chi connectivity index (χ0n) is 11.9. The van der Waals surface area contributed by atoms with Crippen LogP contribution in [0.15, 0.2) is 42.5 Å². The number of hydrogen-bond donors (Lipinski definition) is 1. The van der Waals surface area contributed by atoms with Crippen molar-refractivity contribution in [2.75, 3.05) is 7.11 Å². The SMILES string of the molecule is COc1ccc(CNCc2ccc(C)c(C)c2)cc1. The first-order valence-electron chi connectivity index (χ1n) is 6.59. The lowest BCUT2D eigenvalue weighted by molar-refractivity contribution is 0.414.